The minimum absolute atomic E-state index is 0.198. The average molecular weight is 343 g/mol. The second-order valence-electron chi connectivity index (χ2n) is 8.37. The summed E-state index contributed by atoms with van der Waals surface area (Å²) in [5.41, 5.74) is -1.54. The fourth-order valence-corrected chi connectivity index (χ4v) is 2.55. The summed E-state index contributed by atoms with van der Waals surface area (Å²) in [4.78, 5) is 24.7. The Morgan fingerprint density at radius 3 is 1.71 bits per heavy atom. The fraction of sp³-hybridized carbons (Fsp3) is 0.900. The number of rotatable bonds is 11. The van der Waals surface area contributed by atoms with E-state index < -0.39 is 16.2 Å². The zero-order chi connectivity index (χ0) is 19.0. The molecule has 0 spiro atoms. The lowest BCUT2D eigenvalue weighted by Gasteiger charge is -2.50. The maximum Gasteiger partial charge on any atom is 0.312 e. The van der Waals surface area contributed by atoms with Crippen molar-refractivity contribution in [2.75, 3.05) is 13.2 Å². The van der Waals surface area contributed by atoms with Gasteiger partial charge in [-0.3, -0.25) is 9.59 Å². The van der Waals surface area contributed by atoms with Crippen LogP contribution in [0.3, 0.4) is 0 Å². The lowest BCUT2D eigenvalue weighted by molar-refractivity contribution is -0.171. The van der Waals surface area contributed by atoms with Crippen LogP contribution in [0.1, 0.15) is 87.5 Å². The fourth-order valence-electron chi connectivity index (χ4n) is 2.55. The topological polar surface area (TPSA) is 52.6 Å². The number of ether oxygens (including phenoxy) is 2. The van der Waals surface area contributed by atoms with Gasteiger partial charge in [0.2, 0.25) is 0 Å². The van der Waals surface area contributed by atoms with Gasteiger partial charge in [-0.25, -0.2) is 0 Å². The summed E-state index contributed by atoms with van der Waals surface area (Å²) in [6, 6.07) is 0. The van der Waals surface area contributed by atoms with Crippen LogP contribution in [0.2, 0.25) is 0 Å². The highest BCUT2D eigenvalue weighted by atomic mass is 16.5. The van der Waals surface area contributed by atoms with Gasteiger partial charge in [0, 0.05) is 0 Å². The van der Waals surface area contributed by atoms with Gasteiger partial charge in [0.25, 0.3) is 0 Å². The van der Waals surface area contributed by atoms with E-state index in [9.17, 15) is 9.59 Å². The molecule has 0 aliphatic heterocycles. The van der Waals surface area contributed by atoms with Crippen LogP contribution in [0.5, 0.6) is 0 Å². The summed E-state index contributed by atoms with van der Waals surface area (Å²) in [6.45, 7) is 17.0. The Hall–Kier alpha value is -1.06. The summed E-state index contributed by atoms with van der Waals surface area (Å²) in [6.07, 6.45) is 4.03. The minimum Gasteiger partial charge on any atom is -0.466 e. The highest BCUT2D eigenvalue weighted by molar-refractivity contribution is 5.77. The lowest BCUT2D eigenvalue weighted by atomic mass is 9.54. The molecule has 4 nitrogen and oxygen atoms in total. The largest absolute Gasteiger partial charge is 0.466 e. The molecule has 0 aromatic carbocycles. The second kappa shape index (κ2) is 9.43. The number of carbonyl (C=O) groups excluding carboxylic acids is 2. The number of hydrogen-bond acceptors (Lipinski definition) is 4. The average Bonchev–Trinajstić information content (AvgIpc) is 2.46. The second-order valence-corrected chi connectivity index (χ2v) is 8.37. The van der Waals surface area contributed by atoms with Gasteiger partial charge >= 0.3 is 11.9 Å². The molecule has 142 valence electrons. The lowest BCUT2D eigenvalue weighted by Crippen LogP contribution is -2.50. The number of carbonyl (C=O) groups is 2. The molecule has 0 aromatic heterocycles. The van der Waals surface area contributed by atoms with Gasteiger partial charge in [-0.1, -0.05) is 54.4 Å². The van der Waals surface area contributed by atoms with E-state index in [4.69, 9.17) is 9.47 Å². The summed E-state index contributed by atoms with van der Waals surface area (Å²) in [5.74, 6) is -0.398. The van der Waals surface area contributed by atoms with Crippen LogP contribution in [0.15, 0.2) is 0 Å². The van der Waals surface area contributed by atoms with Gasteiger partial charge in [-0.15, -0.1) is 0 Å². The Morgan fingerprint density at radius 1 is 0.792 bits per heavy atom. The van der Waals surface area contributed by atoms with Crippen molar-refractivity contribution >= 4 is 11.9 Å². The molecule has 0 fully saturated rings. The molecule has 0 unspecified atom stereocenters. The molecule has 0 aliphatic rings. The van der Waals surface area contributed by atoms with Crippen LogP contribution in [0.4, 0.5) is 0 Å². The molecule has 0 heterocycles. The zero-order valence-electron chi connectivity index (χ0n) is 17.1. The van der Waals surface area contributed by atoms with Gasteiger partial charge in [0.05, 0.1) is 25.0 Å². The Labute approximate surface area is 148 Å². The van der Waals surface area contributed by atoms with Crippen LogP contribution in [-0.4, -0.2) is 25.2 Å². The molecule has 0 aromatic rings. The highest BCUT2D eigenvalue weighted by Gasteiger charge is 2.53. The van der Waals surface area contributed by atoms with Crippen LogP contribution in [-0.2, 0) is 19.1 Å². The third-order valence-corrected chi connectivity index (χ3v) is 5.84. The van der Waals surface area contributed by atoms with Gasteiger partial charge < -0.3 is 9.47 Å². The van der Waals surface area contributed by atoms with Gasteiger partial charge in [0.1, 0.15) is 0 Å². The first-order valence-electron chi connectivity index (χ1n) is 9.27. The SMILES string of the molecule is CCCCOC(=O)CC(C)(C)C(C)(C)C(C)(C)C(=O)OCCCC. The van der Waals surface area contributed by atoms with Crippen molar-refractivity contribution < 1.29 is 19.1 Å². The molecule has 0 amide bonds. The van der Waals surface area contributed by atoms with Gasteiger partial charge in [-0.05, 0) is 37.5 Å². The van der Waals surface area contributed by atoms with E-state index in [1.165, 1.54) is 0 Å². The van der Waals surface area contributed by atoms with Crippen molar-refractivity contribution in [2.45, 2.75) is 87.5 Å². The molecule has 0 saturated heterocycles. The Bertz CT molecular complexity index is 408. The first-order chi connectivity index (χ1) is 10.9. The van der Waals surface area contributed by atoms with E-state index in [1.54, 1.807) is 0 Å². The van der Waals surface area contributed by atoms with E-state index in [1.807, 2.05) is 41.5 Å². The molecule has 0 bridgehead atoms. The smallest absolute Gasteiger partial charge is 0.312 e. The van der Waals surface area contributed by atoms with Crippen molar-refractivity contribution in [3.05, 3.63) is 0 Å². The number of unbranched alkanes of at least 4 members (excludes halogenated alkanes) is 2. The van der Waals surface area contributed by atoms with E-state index in [2.05, 4.69) is 13.8 Å². The normalized spacial score (nSPS) is 12.8. The Kier molecular flexibility index (Phi) is 9.01. The molecule has 0 aliphatic carbocycles. The van der Waals surface area contributed by atoms with Crippen LogP contribution in [0, 0.1) is 16.2 Å². The molecule has 0 atom stereocenters. The van der Waals surface area contributed by atoms with Crippen LogP contribution < -0.4 is 0 Å². The molecular weight excluding hydrogens is 304 g/mol. The van der Waals surface area contributed by atoms with Crippen molar-refractivity contribution in [1.82, 2.24) is 0 Å². The predicted molar refractivity (Wildman–Crippen MR) is 97.7 cm³/mol. The van der Waals surface area contributed by atoms with Crippen molar-refractivity contribution in [1.29, 1.82) is 0 Å². The molecule has 0 radical (unpaired) electrons. The van der Waals surface area contributed by atoms with Crippen molar-refractivity contribution in [3.63, 3.8) is 0 Å². The summed E-state index contributed by atoms with van der Waals surface area (Å²) in [5, 5.41) is 0. The van der Waals surface area contributed by atoms with E-state index >= 15 is 0 Å². The highest BCUT2D eigenvalue weighted by Crippen LogP contribution is 2.53. The molecule has 0 N–H and O–H groups in total. The van der Waals surface area contributed by atoms with Gasteiger partial charge in [-0.2, -0.15) is 0 Å². The minimum atomic E-state index is -0.700. The Balaban J connectivity index is 5.01. The van der Waals surface area contributed by atoms with Gasteiger partial charge in [0.15, 0.2) is 0 Å². The first-order valence-corrected chi connectivity index (χ1v) is 9.27. The van der Waals surface area contributed by atoms with E-state index in [0.717, 1.165) is 25.7 Å². The molecule has 0 saturated carbocycles. The van der Waals surface area contributed by atoms with Crippen molar-refractivity contribution in [3.8, 4) is 0 Å². The molecule has 0 rings (SSSR count). The maximum absolute atomic E-state index is 12.6. The summed E-state index contributed by atoms with van der Waals surface area (Å²) in [7, 11) is 0. The predicted octanol–water partition coefficient (Wildman–Crippen LogP) is 5.14. The molecule has 4 heteroatoms. The third kappa shape index (κ3) is 5.78. The summed E-state index contributed by atoms with van der Waals surface area (Å²) < 4.78 is 10.8. The monoisotopic (exact) mass is 342 g/mol. The third-order valence-electron chi connectivity index (χ3n) is 5.84. The first kappa shape index (κ1) is 22.9. The van der Waals surface area contributed by atoms with Crippen LogP contribution >= 0.6 is 0 Å². The van der Waals surface area contributed by atoms with E-state index in [-0.39, 0.29) is 18.4 Å². The van der Waals surface area contributed by atoms with Crippen molar-refractivity contribution in [2.24, 2.45) is 16.2 Å². The Morgan fingerprint density at radius 2 is 1.25 bits per heavy atom. The number of esters is 2. The van der Waals surface area contributed by atoms with E-state index in [0.29, 0.717) is 13.2 Å². The quantitative estimate of drug-likeness (QED) is 0.385. The maximum atomic E-state index is 12.6. The molecule has 24 heavy (non-hydrogen) atoms. The number of hydrogen-bond donors (Lipinski definition) is 0. The standard InChI is InChI=1S/C20H38O4/c1-9-11-13-23-16(21)15-18(3,4)20(7,8)19(5,6)17(22)24-14-12-10-2/h9-15H2,1-8H3. The molecular formula is C20H38O4. The summed E-state index contributed by atoms with van der Waals surface area (Å²) >= 11 is 0. The van der Waals surface area contributed by atoms with Crippen LogP contribution in [0.25, 0.3) is 0 Å². The zero-order valence-corrected chi connectivity index (χ0v) is 17.1.